The highest BCUT2D eigenvalue weighted by molar-refractivity contribution is 7.17. The van der Waals surface area contributed by atoms with E-state index in [1.807, 2.05) is 42.6 Å². The molecule has 5 nitrogen and oxygen atoms in total. The summed E-state index contributed by atoms with van der Waals surface area (Å²) in [5.41, 5.74) is 1.67. The van der Waals surface area contributed by atoms with Gasteiger partial charge in [0.15, 0.2) is 5.76 Å². The molecule has 0 spiro atoms. The van der Waals surface area contributed by atoms with E-state index in [0.717, 1.165) is 46.6 Å². The molecule has 2 aromatic heterocycles. The number of aryl methyl sites for hydroxylation is 1. The Balaban J connectivity index is 1.35. The minimum absolute atomic E-state index is 0.00908. The number of hydrogen-bond donors (Lipinski definition) is 1. The molecule has 1 aliphatic rings. The molecule has 0 bridgehead atoms. The van der Waals surface area contributed by atoms with Gasteiger partial charge in [0.05, 0.1) is 17.8 Å². The number of hydrogen-bond acceptors (Lipinski definition) is 5. The first kappa shape index (κ1) is 15.4. The second kappa shape index (κ2) is 6.37. The average molecular weight is 341 g/mol. The van der Waals surface area contributed by atoms with E-state index in [2.05, 4.69) is 15.4 Å². The average Bonchev–Trinajstić information content (AvgIpc) is 3.17. The predicted molar refractivity (Wildman–Crippen MR) is 94.2 cm³/mol. The predicted octanol–water partition coefficient (Wildman–Crippen LogP) is 3.20. The van der Waals surface area contributed by atoms with E-state index in [-0.39, 0.29) is 5.91 Å². The highest BCUT2D eigenvalue weighted by Gasteiger charge is 2.29. The molecule has 1 atom stereocenters. The summed E-state index contributed by atoms with van der Waals surface area (Å²) in [6.07, 6.45) is 1.10. The molecule has 1 aliphatic heterocycles. The van der Waals surface area contributed by atoms with E-state index in [9.17, 15) is 4.79 Å². The number of amides is 1. The second-order valence-electron chi connectivity index (χ2n) is 6.20. The summed E-state index contributed by atoms with van der Waals surface area (Å²) in [4.78, 5) is 14.8. The van der Waals surface area contributed by atoms with Crippen molar-refractivity contribution in [2.45, 2.75) is 25.9 Å². The van der Waals surface area contributed by atoms with Crippen molar-refractivity contribution in [2.75, 3.05) is 13.1 Å². The number of benzene rings is 1. The van der Waals surface area contributed by atoms with E-state index < -0.39 is 0 Å². The zero-order valence-corrected chi connectivity index (χ0v) is 14.3. The molecule has 1 aromatic carbocycles. The van der Waals surface area contributed by atoms with Crippen LogP contribution in [0.2, 0.25) is 0 Å². The molecule has 1 unspecified atom stereocenters. The number of nitrogens with one attached hydrogen (secondary N) is 1. The van der Waals surface area contributed by atoms with Crippen LogP contribution in [-0.2, 0) is 6.54 Å². The Hall–Kier alpha value is -2.18. The van der Waals surface area contributed by atoms with Crippen molar-refractivity contribution in [1.82, 2.24) is 15.4 Å². The van der Waals surface area contributed by atoms with Crippen LogP contribution in [0.15, 0.2) is 40.2 Å². The fourth-order valence-corrected chi connectivity index (χ4v) is 4.02. The fourth-order valence-electron chi connectivity index (χ4n) is 3.08. The maximum atomic E-state index is 12.5. The van der Waals surface area contributed by atoms with Gasteiger partial charge >= 0.3 is 0 Å². The monoisotopic (exact) mass is 341 g/mol. The van der Waals surface area contributed by atoms with Gasteiger partial charge in [-0.25, -0.2) is 0 Å². The maximum Gasteiger partial charge on any atom is 0.252 e. The number of thiophene rings is 1. The van der Waals surface area contributed by atoms with Gasteiger partial charge in [-0.05, 0) is 19.4 Å². The molecule has 24 heavy (non-hydrogen) atoms. The molecule has 4 rings (SSSR count). The van der Waals surface area contributed by atoms with E-state index in [0.29, 0.717) is 12.6 Å². The van der Waals surface area contributed by atoms with Gasteiger partial charge in [0.25, 0.3) is 5.91 Å². The van der Waals surface area contributed by atoms with Gasteiger partial charge in [0.2, 0.25) is 0 Å². The number of carbonyl (C=O) groups is 1. The summed E-state index contributed by atoms with van der Waals surface area (Å²) in [6.45, 7) is 4.37. The topological polar surface area (TPSA) is 58.4 Å². The van der Waals surface area contributed by atoms with Crippen molar-refractivity contribution in [2.24, 2.45) is 0 Å². The molecular formula is C18H19N3O2S. The highest BCUT2D eigenvalue weighted by Crippen LogP contribution is 2.26. The van der Waals surface area contributed by atoms with Crippen LogP contribution in [0, 0.1) is 6.92 Å². The Labute approximate surface area is 144 Å². The lowest BCUT2D eigenvalue weighted by molar-refractivity contribution is 0.0662. The number of carbonyl (C=O) groups excluding carboxylic acids is 1. The number of aromatic nitrogens is 1. The number of fused-ring (bicyclic) bond motifs is 1. The fraction of sp³-hybridized carbons (Fsp3) is 0.333. The molecule has 1 N–H and O–H groups in total. The lowest BCUT2D eigenvalue weighted by Crippen LogP contribution is -2.52. The van der Waals surface area contributed by atoms with Crippen LogP contribution in [0.1, 0.15) is 28.2 Å². The summed E-state index contributed by atoms with van der Waals surface area (Å²) < 4.78 is 6.42. The molecule has 1 saturated heterocycles. The Kier molecular flexibility index (Phi) is 4.08. The Bertz CT molecular complexity index is 870. The normalized spacial score (nSPS) is 17.8. The third kappa shape index (κ3) is 2.95. The maximum absolute atomic E-state index is 12.5. The first-order chi connectivity index (χ1) is 11.7. The van der Waals surface area contributed by atoms with Crippen molar-refractivity contribution in [3.8, 4) is 0 Å². The zero-order chi connectivity index (χ0) is 16.5. The lowest BCUT2D eigenvalue weighted by atomic mass is 10.0. The third-order valence-corrected chi connectivity index (χ3v) is 5.49. The van der Waals surface area contributed by atoms with Crippen LogP contribution >= 0.6 is 11.3 Å². The molecule has 1 amide bonds. The van der Waals surface area contributed by atoms with Crippen molar-refractivity contribution < 1.29 is 9.32 Å². The molecule has 3 heterocycles. The van der Waals surface area contributed by atoms with Crippen molar-refractivity contribution in [1.29, 1.82) is 0 Å². The summed E-state index contributed by atoms with van der Waals surface area (Å²) in [5.74, 6) is 0.891. The minimum Gasteiger partial charge on any atom is -0.360 e. The lowest BCUT2D eigenvalue weighted by Gasteiger charge is -2.40. The number of likely N-dealkylation sites (tertiary alicyclic amines) is 1. The second-order valence-corrected chi connectivity index (χ2v) is 7.11. The summed E-state index contributed by atoms with van der Waals surface area (Å²) >= 11 is 1.61. The Morgan fingerprint density at radius 3 is 3.08 bits per heavy atom. The first-order valence-corrected chi connectivity index (χ1v) is 8.99. The van der Waals surface area contributed by atoms with E-state index in [4.69, 9.17) is 4.52 Å². The largest absolute Gasteiger partial charge is 0.360 e. The van der Waals surface area contributed by atoms with Crippen LogP contribution in [0.5, 0.6) is 0 Å². The van der Waals surface area contributed by atoms with Crippen molar-refractivity contribution in [3.05, 3.63) is 52.7 Å². The van der Waals surface area contributed by atoms with Crippen LogP contribution in [0.3, 0.4) is 0 Å². The first-order valence-electron chi connectivity index (χ1n) is 8.11. The van der Waals surface area contributed by atoms with Crippen LogP contribution in [-0.4, -0.2) is 35.1 Å². The molecule has 3 aromatic rings. The summed E-state index contributed by atoms with van der Waals surface area (Å²) in [5, 5.41) is 9.97. The van der Waals surface area contributed by atoms with Crippen LogP contribution < -0.4 is 5.32 Å². The molecule has 0 saturated carbocycles. The van der Waals surface area contributed by atoms with E-state index in [1.54, 1.807) is 11.3 Å². The quantitative estimate of drug-likeness (QED) is 0.774. The number of rotatable bonds is 5. The van der Waals surface area contributed by atoms with Crippen LogP contribution in [0.25, 0.3) is 10.1 Å². The van der Waals surface area contributed by atoms with Gasteiger partial charge < -0.3 is 9.84 Å². The summed E-state index contributed by atoms with van der Waals surface area (Å²) in [6, 6.07) is 10.3. The molecule has 6 heteroatoms. The van der Waals surface area contributed by atoms with Gasteiger partial charge in [0.1, 0.15) is 0 Å². The van der Waals surface area contributed by atoms with E-state index >= 15 is 0 Å². The van der Waals surface area contributed by atoms with Crippen LogP contribution in [0.4, 0.5) is 0 Å². The molecule has 1 fully saturated rings. The smallest absolute Gasteiger partial charge is 0.252 e. The zero-order valence-electron chi connectivity index (χ0n) is 13.5. The van der Waals surface area contributed by atoms with E-state index in [1.165, 1.54) is 0 Å². The minimum atomic E-state index is 0.00908. The van der Waals surface area contributed by atoms with Gasteiger partial charge in [-0.15, -0.1) is 11.3 Å². The highest BCUT2D eigenvalue weighted by atomic mass is 32.1. The van der Waals surface area contributed by atoms with Crippen molar-refractivity contribution >= 4 is 27.3 Å². The molecule has 0 aliphatic carbocycles. The number of nitrogens with zero attached hydrogens (tertiary/aromatic N) is 2. The third-order valence-electron chi connectivity index (χ3n) is 4.53. The van der Waals surface area contributed by atoms with Gasteiger partial charge in [-0.2, -0.15) is 0 Å². The van der Waals surface area contributed by atoms with Gasteiger partial charge in [-0.1, -0.05) is 23.4 Å². The molecular weight excluding hydrogens is 322 g/mol. The standard InChI is InChI=1S/C18H19N3O2S/c1-12-8-14(23-20-12)10-21-7-6-13(21)9-19-18(22)16-11-24-17-5-3-2-4-15(16)17/h2-5,8,11,13H,6-7,9-10H2,1H3,(H,19,22). The Morgan fingerprint density at radius 2 is 2.33 bits per heavy atom. The molecule has 124 valence electrons. The van der Waals surface area contributed by atoms with Gasteiger partial charge in [-0.3, -0.25) is 9.69 Å². The molecule has 0 radical (unpaired) electrons. The SMILES string of the molecule is Cc1cc(CN2CCC2CNC(=O)c2csc3ccccc23)on1. The summed E-state index contributed by atoms with van der Waals surface area (Å²) in [7, 11) is 0. The van der Waals surface area contributed by atoms with Crippen molar-refractivity contribution in [3.63, 3.8) is 0 Å². The van der Waals surface area contributed by atoms with Gasteiger partial charge in [0, 0.05) is 40.7 Å². The Morgan fingerprint density at radius 1 is 1.46 bits per heavy atom.